The van der Waals surface area contributed by atoms with E-state index in [1.54, 1.807) is 22.4 Å². The highest BCUT2D eigenvalue weighted by molar-refractivity contribution is 7.98. The maximum Gasteiger partial charge on any atom is 0.262 e. The Bertz CT molecular complexity index is 905. The molecule has 0 bridgehead atoms. The van der Waals surface area contributed by atoms with Gasteiger partial charge in [-0.15, -0.1) is 0 Å². The van der Waals surface area contributed by atoms with Crippen molar-refractivity contribution in [3.05, 3.63) is 70.0 Å². The van der Waals surface area contributed by atoms with Crippen molar-refractivity contribution in [1.29, 1.82) is 0 Å². The molecule has 5 heteroatoms. The average Bonchev–Trinajstić information content (AvgIpc) is 2.59. The number of aliphatic hydroxyl groups is 1. The van der Waals surface area contributed by atoms with Crippen molar-refractivity contribution in [3.8, 4) is 0 Å². The Morgan fingerprint density at radius 1 is 1.17 bits per heavy atom. The molecule has 3 aromatic rings. The van der Waals surface area contributed by atoms with Crippen LogP contribution >= 0.6 is 11.8 Å². The summed E-state index contributed by atoms with van der Waals surface area (Å²) in [5, 5.41) is 10.4. The zero-order valence-electron chi connectivity index (χ0n) is 13.6. The van der Waals surface area contributed by atoms with E-state index in [9.17, 15) is 4.79 Å². The molecule has 124 valence electrons. The molecule has 0 aliphatic rings. The summed E-state index contributed by atoms with van der Waals surface area (Å²) in [4.78, 5) is 17.4. The molecule has 0 atom stereocenters. The number of hydrogen-bond donors (Lipinski definition) is 1. The molecule has 0 aliphatic carbocycles. The Labute approximate surface area is 145 Å². The SMILES string of the molecule is Cc1cccc(CSc2nc3ccccc3c(=O)n2CCCO)c1. The van der Waals surface area contributed by atoms with Crippen LogP contribution in [0.25, 0.3) is 10.9 Å². The minimum absolute atomic E-state index is 0.0409. The molecule has 0 fully saturated rings. The number of benzene rings is 2. The molecular weight excluding hydrogens is 320 g/mol. The van der Waals surface area contributed by atoms with Crippen molar-refractivity contribution >= 4 is 22.7 Å². The predicted molar refractivity (Wildman–Crippen MR) is 98.4 cm³/mol. The van der Waals surface area contributed by atoms with Crippen molar-refractivity contribution in [2.45, 2.75) is 30.8 Å². The molecule has 0 unspecified atom stereocenters. The van der Waals surface area contributed by atoms with Crippen LogP contribution in [-0.2, 0) is 12.3 Å². The van der Waals surface area contributed by atoms with Crippen molar-refractivity contribution in [3.63, 3.8) is 0 Å². The standard InChI is InChI=1S/C19H20N2O2S/c1-14-6-4-7-15(12-14)13-24-19-20-17-9-3-2-8-16(17)18(23)21(19)10-5-11-22/h2-4,6-9,12,22H,5,10-11,13H2,1H3. The third kappa shape index (κ3) is 3.68. The van der Waals surface area contributed by atoms with Crippen molar-refractivity contribution in [2.24, 2.45) is 0 Å². The quantitative estimate of drug-likeness (QED) is 0.552. The summed E-state index contributed by atoms with van der Waals surface area (Å²) in [7, 11) is 0. The van der Waals surface area contributed by atoms with Gasteiger partial charge in [0, 0.05) is 18.9 Å². The van der Waals surface area contributed by atoms with Gasteiger partial charge >= 0.3 is 0 Å². The van der Waals surface area contributed by atoms with Crippen molar-refractivity contribution in [2.75, 3.05) is 6.61 Å². The van der Waals surface area contributed by atoms with Crippen LogP contribution in [-0.4, -0.2) is 21.3 Å². The highest BCUT2D eigenvalue weighted by atomic mass is 32.2. The van der Waals surface area contributed by atoms with Gasteiger partial charge in [-0.1, -0.05) is 53.7 Å². The number of nitrogens with zero attached hydrogens (tertiary/aromatic N) is 2. The van der Waals surface area contributed by atoms with Gasteiger partial charge in [-0.05, 0) is 31.0 Å². The van der Waals surface area contributed by atoms with Gasteiger partial charge in [0.05, 0.1) is 10.9 Å². The topological polar surface area (TPSA) is 55.1 Å². The summed E-state index contributed by atoms with van der Waals surface area (Å²) in [5.74, 6) is 0.756. The largest absolute Gasteiger partial charge is 0.396 e. The molecule has 0 radical (unpaired) electrons. The summed E-state index contributed by atoms with van der Waals surface area (Å²) in [6, 6.07) is 15.7. The highest BCUT2D eigenvalue weighted by Crippen LogP contribution is 2.22. The molecule has 0 amide bonds. The molecule has 1 heterocycles. The summed E-state index contributed by atoms with van der Waals surface area (Å²) >= 11 is 1.56. The monoisotopic (exact) mass is 340 g/mol. The van der Waals surface area contributed by atoms with Crippen LogP contribution in [0.15, 0.2) is 58.5 Å². The Kier molecular flexibility index (Phi) is 5.33. The molecule has 2 aromatic carbocycles. The first-order valence-electron chi connectivity index (χ1n) is 7.98. The molecule has 24 heavy (non-hydrogen) atoms. The molecule has 1 aromatic heterocycles. The van der Waals surface area contributed by atoms with Crippen LogP contribution in [0.3, 0.4) is 0 Å². The van der Waals surface area contributed by atoms with E-state index < -0.39 is 0 Å². The predicted octanol–water partition coefficient (Wildman–Crippen LogP) is 3.38. The smallest absolute Gasteiger partial charge is 0.262 e. The van der Waals surface area contributed by atoms with Gasteiger partial charge in [0.15, 0.2) is 5.16 Å². The van der Waals surface area contributed by atoms with E-state index in [1.807, 2.05) is 24.3 Å². The second kappa shape index (κ2) is 7.64. The summed E-state index contributed by atoms with van der Waals surface area (Å²) < 4.78 is 1.68. The minimum Gasteiger partial charge on any atom is -0.396 e. The second-order valence-electron chi connectivity index (χ2n) is 5.72. The molecule has 0 saturated heterocycles. The van der Waals surface area contributed by atoms with Crippen LogP contribution in [0.5, 0.6) is 0 Å². The lowest BCUT2D eigenvalue weighted by molar-refractivity contribution is 0.276. The van der Waals surface area contributed by atoms with Gasteiger partial charge in [0.2, 0.25) is 0 Å². The fourth-order valence-corrected chi connectivity index (χ4v) is 3.60. The molecule has 0 aliphatic heterocycles. The number of thioether (sulfide) groups is 1. The van der Waals surface area contributed by atoms with Crippen molar-refractivity contribution in [1.82, 2.24) is 9.55 Å². The molecule has 3 rings (SSSR count). The van der Waals surface area contributed by atoms with Crippen LogP contribution in [0.4, 0.5) is 0 Å². The first-order chi connectivity index (χ1) is 11.7. The Morgan fingerprint density at radius 3 is 2.79 bits per heavy atom. The number of aryl methyl sites for hydroxylation is 1. The molecule has 0 spiro atoms. The van der Waals surface area contributed by atoms with Gasteiger partial charge < -0.3 is 5.11 Å². The zero-order chi connectivity index (χ0) is 16.9. The minimum atomic E-state index is -0.0409. The maximum absolute atomic E-state index is 12.7. The first-order valence-corrected chi connectivity index (χ1v) is 8.96. The lowest BCUT2D eigenvalue weighted by Crippen LogP contribution is -2.24. The van der Waals surface area contributed by atoms with Gasteiger partial charge in [-0.2, -0.15) is 0 Å². The van der Waals surface area contributed by atoms with Crippen LogP contribution < -0.4 is 5.56 Å². The second-order valence-corrected chi connectivity index (χ2v) is 6.67. The number of rotatable bonds is 6. The van der Waals surface area contributed by atoms with E-state index >= 15 is 0 Å². The number of hydrogen-bond acceptors (Lipinski definition) is 4. The Balaban J connectivity index is 1.96. The van der Waals surface area contributed by atoms with E-state index in [0.29, 0.717) is 23.5 Å². The number of aromatic nitrogens is 2. The number of fused-ring (bicyclic) bond motifs is 1. The van der Waals surface area contributed by atoms with Crippen LogP contribution in [0.2, 0.25) is 0 Å². The van der Waals surface area contributed by atoms with E-state index in [4.69, 9.17) is 5.11 Å². The van der Waals surface area contributed by atoms with Gasteiger partial charge in [0.25, 0.3) is 5.56 Å². The van der Waals surface area contributed by atoms with E-state index in [0.717, 1.165) is 11.3 Å². The Morgan fingerprint density at radius 2 is 2.00 bits per heavy atom. The summed E-state index contributed by atoms with van der Waals surface area (Å²) in [5.41, 5.74) is 3.10. The van der Waals surface area contributed by atoms with Gasteiger partial charge in [-0.25, -0.2) is 4.98 Å². The van der Waals surface area contributed by atoms with Gasteiger partial charge in [-0.3, -0.25) is 9.36 Å². The van der Waals surface area contributed by atoms with E-state index in [-0.39, 0.29) is 12.2 Å². The highest BCUT2D eigenvalue weighted by Gasteiger charge is 2.11. The zero-order valence-corrected chi connectivity index (χ0v) is 14.4. The van der Waals surface area contributed by atoms with Crippen LogP contribution in [0.1, 0.15) is 17.5 Å². The summed E-state index contributed by atoms with van der Waals surface area (Å²) in [6.45, 7) is 2.60. The fourth-order valence-electron chi connectivity index (χ4n) is 2.63. The average molecular weight is 340 g/mol. The van der Waals surface area contributed by atoms with Crippen LogP contribution in [0, 0.1) is 6.92 Å². The normalized spacial score (nSPS) is 11.1. The van der Waals surface area contributed by atoms with E-state index in [1.165, 1.54) is 11.1 Å². The summed E-state index contributed by atoms with van der Waals surface area (Å²) in [6.07, 6.45) is 0.540. The van der Waals surface area contributed by atoms with Crippen molar-refractivity contribution < 1.29 is 5.11 Å². The Hall–Kier alpha value is -2.11. The number of aliphatic hydroxyl groups excluding tert-OH is 1. The first kappa shape index (κ1) is 16.7. The molecule has 4 nitrogen and oxygen atoms in total. The van der Waals surface area contributed by atoms with E-state index in [2.05, 4.69) is 30.1 Å². The third-order valence-electron chi connectivity index (χ3n) is 3.82. The fraction of sp³-hybridized carbons (Fsp3) is 0.263. The lowest BCUT2D eigenvalue weighted by atomic mass is 10.2. The van der Waals surface area contributed by atoms with Gasteiger partial charge in [0.1, 0.15) is 0 Å². The maximum atomic E-state index is 12.7. The molecular formula is C19H20N2O2S. The molecule has 0 saturated carbocycles. The molecule has 1 N–H and O–H groups in total. The lowest BCUT2D eigenvalue weighted by Gasteiger charge is -2.12. The third-order valence-corrected chi connectivity index (χ3v) is 4.86. The number of para-hydroxylation sites is 1.